The smallest absolute Gasteiger partial charge is 0.269 e. The molecule has 0 amide bonds. The molecule has 0 unspecified atom stereocenters. The number of nitro benzene ring substituents is 1. The molecule has 0 fully saturated rings. The van der Waals surface area contributed by atoms with Gasteiger partial charge in [0.05, 0.1) is 10.6 Å². The molecule has 0 bridgehead atoms. The summed E-state index contributed by atoms with van der Waals surface area (Å²) in [5.41, 5.74) is 2.58. The second-order valence-electron chi connectivity index (χ2n) is 4.58. The first-order valence-corrected chi connectivity index (χ1v) is 6.61. The number of nitro groups is 1. The number of hydrogen-bond donors (Lipinski definition) is 1. The number of anilines is 2. The molecule has 0 aliphatic heterocycles. The third kappa shape index (κ3) is 4.02. The van der Waals surface area contributed by atoms with Crippen molar-refractivity contribution in [3.8, 4) is 11.3 Å². The lowest BCUT2D eigenvalue weighted by molar-refractivity contribution is -0.384. The summed E-state index contributed by atoms with van der Waals surface area (Å²) in [6.45, 7) is 0. The van der Waals surface area contributed by atoms with E-state index in [0.29, 0.717) is 5.82 Å². The maximum absolute atomic E-state index is 10.6. The van der Waals surface area contributed by atoms with Crippen molar-refractivity contribution in [2.24, 2.45) is 0 Å². The highest BCUT2D eigenvalue weighted by molar-refractivity contribution is 5.85. The maximum atomic E-state index is 10.6. The highest BCUT2D eigenvalue weighted by Crippen LogP contribution is 2.22. The molecule has 1 N–H and O–H groups in total. The molecule has 2 aromatic carbocycles. The van der Waals surface area contributed by atoms with Gasteiger partial charge in [0, 0.05) is 29.4 Å². The summed E-state index contributed by atoms with van der Waals surface area (Å²) in [5.74, 6) is 0.628. The molecule has 0 saturated carbocycles. The molecule has 0 aliphatic carbocycles. The minimum atomic E-state index is -0.429. The van der Waals surface area contributed by atoms with Gasteiger partial charge < -0.3 is 5.32 Å². The van der Waals surface area contributed by atoms with Crippen LogP contribution in [0, 0.1) is 10.1 Å². The van der Waals surface area contributed by atoms with Gasteiger partial charge in [0.1, 0.15) is 12.1 Å². The molecule has 0 aliphatic rings. The largest absolute Gasteiger partial charge is 0.340 e. The number of benzene rings is 2. The number of hydrogen-bond acceptors (Lipinski definition) is 5. The van der Waals surface area contributed by atoms with Crippen LogP contribution >= 0.6 is 12.4 Å². The number of nitrogens with zero attached hydrogens (tertiary/aromatic N) is 3. The minimum Gasteiger partial charge on any atom is -0.340 e. The van der Waals surface area contributed by atoms with Crippen molar-refractivity contribution in [2.45, 2.75) is 0 Å². The van der Waals surface area contributed by atoms with Crippen molar-refractivity contribution in [2.75, 3.05) is 5.32 Å². The Hall–Kier alpha value is -2.99. The van der Waals surface area contributed by atoms with Gasteiger partial charge in [0.2, 0.25) is 0 Å². The summed E-state index contributed by atoms with van der Waals surface area (Å²) in [5, 5.41) is 13.7. The Kier molecular flexibility index (Phi) is 5.22. The normalized spacial score (nSPS) is 9.74. The summed E-state index contributed by atoms with van der Waals surface area (Å²) >= 11 is 0. The Morgan fingerprint density at radius 2 is 1.65 bits per heavy atom. The molecule has 1 aromatic heterocycles. The highest BCUT2D eigenvalue weighted by Gasteiger charge is 2.05. The SMILES string of the molecule is Cl.O=[N+]([O-])c1ccc(Nc2cc(-c3ccccc3)ncn2)cc1. The first kappa shape index (κ1) is 16.4. The van der Waals surface area contributed by atoms with Gasteiger partial charge in [0.25, 0.3) is 5.69 Å². The van der Waals surface area contributed by atoms with Gasteiger partial charge in [-0.1, -0.05) is 30.3 Å². The Labute approximate surface area is 138 Å². The lowest BCUT2D eigenvalue weighted by atomic mass is 10.1. The Bertz CT molecular complexity index is 795. The van der Waals surface area contributed by atoms with Gasteiger partial charge in [-0.3, -0.25) is 10.1 Å². The van der Waals surface area contributed by atoms with Gasteiger partial charge in [-0.25, -0.2) is 9.97 Å². The molecule has 0 spiro atoms. The van der Waals surface area contributed by atoms with Crippen molar-refractivity contribution >= 4 is 29.6 Å². The summed E-state index contributed by atoms with van der Waals surface area (Å²) in [7, 11) is 0. The van der Waals surface area contributed by atoms with E-state index in [-0.39, 0.29) is 18.1 Å². The van der Waals surface area contributed by atoms with Crippen LogP contribution in [-0.4, -0.2) is 14.9 Å². The molecule has 0 saturated heterocycles. The van der Waals surface area contributed by atoms with E-state index in [1.165, 1.54) is 18.5 Å². The van der Waals surface area contributed by atoms with Crippen molar-refractivity contribution in [3.63, 3.8) is 0 Å². The van der Waals surface area contributed by atoms with E-state index in [1.54, 1.807) is 12.1 Å². The molecular weight excluding hydrogens is 316 g/mol. The topological polar surface area (TPSA) is 81.0 Å². The molecule has 3 aromatic rings. The van der Waals surface area contributed by atoms with E-state index in [1.807, 2.05) is 36.4 Å². The van der Waals surface area contributed by atoms with Crippen molar-refractivity contribution in [1.82, 2.24) is 9.97 Å². The fourth-order valence-electron chi connectivity index (χ4n) is 2.01. The van der Waals surface area contributed by atoms with Crippen LogP contribution in [0.2, 0.25) is 0 Å². The Morgan fingerprint density at radius 1 is 0.957 bits per heavy atom. The molecule has 116 valence electrons. The van der Waals surface area contributed by atoms with Crippen molar-refractivity contribution < 1.29 is 4.92 Å². The summed E-state index contributed by atoms with van der Waals surface area (Å²) in [6, 6.07) is 17.8. The average Bonchev–Trinajstić information content (AvgIpc) is 2.56. The van der Waals surface area contributed by atoms with Crippen molar-refractivity contribution in [3.05, 3.63) is 77.1 Å². The summed E-state index contributed by atoms with van der Waals surface area (Å²) < 4.78 is 0. The second-order valence-corrected chi connectivity index (χ2v) is 4.58. The summed E-state index contributed by atoms with van der Waals surface area (Å²) in [6.07, 6.45) is 1.48. The monoisotopic (exact) mass is 328 g/mol. The van der Waals surface area contributed by atoms with Crippen LogP contribution in [0.4, 0.5) is 17.2 Å². The van der Waals surface area contributed by atoms with Gasteiger partial charge >= 0.3 is 0 Å². The molecule has 6 nitrogen and oxygen atoms in total. The van der Waals surface area contributed by atoms with E-state index < -0.39 is 4.92 Å². The van der Waals surface area contributed by atoms with Crippen LogP contribution < -0.4 is 5.32 Å². The van der Waals surface area contributed by atoms with Crippen LogP contribution in [0.1, 0.15) is 0 Å². The van der Waals surface area contributed by atoms with Crippen LogP contribution in [0.5, 0.6) is 0 Å². The average molecular weight is 329 g/mol. The zero-order valence-corrected chi connectivity index (χ0v) is 12.7. The van der Waals surface area contributed by atoms with E-state index in [0.717, 1.165) is 16.9 Å². The van der Waals surface area contributed by atoms with Crippen LogP contribution in [-0.2, 0) is 0 Å². The van der Waals surface area contributed by atoms with Gasteiger partial charge in [-0.15, -0.1) is 12.4 Å². The fourth-order valence-corrected chi connectivity index (χ4v) is 2.01. The van der Waals surface area contributed by atoms with Crippen LogP contribution in [0.15, 0.2) is 67.0 Å². The number of nitrogens with one attached hydrogen (secondary N) is 1. The van der Waals surface area contributed by atoms with Crippen LogP contribution in [0.3, 0.4) is 0 Å². The van der Waals surface area contributed by atoms with E-state index in [9.17, 15) is 10.1 Å². The predicted octanol–water partition coefficient (Wildman–Crippen LogP) is 4.22. The number of non-ortho nitro benzene ring substituents is 1. The fraction of sp³-hybridized carbons (Fsp3) is 0. The lowest BCUT2D eigenvalue weighted by Crippen LogP contribution is -1.96. The predicted molar refractivity (Wildman–Crippen MR) is 91.1 cm³/mol. The maximum Gasteiger partial charge on any atom is 0.269 e. The quantitative estimate of drug-likeness (QED) is 0.573. The molecule has 0 radical (unpaired) electrons. The first-order valence-electron chi connectivity index (χ1n) is 6.61. The van der Waals surface area contributed by atoms with E-state index >= 15 is 0 Å². The lowest BCUT2D eigenvalue weighted by Gasteiger charge is -2.07. The second kappa shape index (κ2) is 7.33. The van der Waals surface area contributed by atoms with Crippen LogP contribution in [0.25, 0.3) is 11.3 Å². The zero-order valence-electron chi connectivity index (χ0n) is 11.9. The van der Waals surface area contributed by atoms with Crippen molar-refractivity contribution in [1.29, 1.82) is 0 Å². The van der Waals surface area contributed by atoms with E-state index in [2.05, 4.69) is 15.3 Å². The first-order chi connectivity index (χ1) is 10.7. The standard InChI is InChI=1S/C16H12N4O2.ClH/c21-20(22)14-8-6-13(7-9-14)19-16-10-15(17-11-18-16)12-4-2-1-3-5-12;/h1-11H,(H,17,18,19);1H. The summed E-state index contributed by atoms with van der Waals surface area (Å²) in [4.78, 5) is 18.6. The molecule has 0 atom stereocenters. The molecule has 23 heavy (non-hydrogen) atoms. The third-order valence-electron chi connectivity index (χ3n) is 3.09. The molecule has 7 heteroatoms. The molecule has 3 rings (SSSR count). The van der Waals surface area contributed by atoms with E-state index in [4.69, 9.17) is 0 Å². The number of halogens is 1. The third-order valence-corrected chi connectivity index (χ3v) is 3.09. The van der Waals surface area contributed by atoms with Gasteiger partial charge in [0.15, 0.2) is 0 Å². The molecular formula is C16H13ClN4O2. The number of aromatic nitrogens is 2. The van der Waals surface area contributed by atoms with Gasteiger partial charge in [-0.2, -0.15) is 0 Å². The van der Waals surface area contributed by atoms with Gasteiger partial charge in [-0.05, 0) is 12.1 Å². The Balaban J connectivity index is 0.00000192. The molecule has 1 heterocycles. The highest BCUT2D eigenvalue weighted by atomic mass is 35.5. The minimum absolute atomic E-state index is 0. The number of rotatable bonds is 4. The zero-order chi connectivity index (χ0) is 15.4. The Morgan fingerprint density at radius 3 is 2.30 bits per heavy atom.